The van der Waals surface area contributed by atoms with E-state index in [0.29, 0.717) is 12.4 Å². The maximum Gasteiger partial charge on any atom is 0.490 e. The van der Waals surface area contributed by atoms with Gasteiger partial charge in [0.05, 0.1) is 6.61 Å². The fourth-order valence-corrected chi connectivity index (χ4v) is 6.21. The van der Waals surface area contributed by atoms with Crippen LogP contribution in [0, 0.1) is 0 Å². The van der Waals surface area contributed by atoms with Gasteiger partial charge in [0.1, 0.15) is 24.3 Å². The number of nitrogens with two attached hydrogens (primary N) is 1. The largest absolute Gasteiger partial charge is 0.490 e. The number of aromatic nitrogens is 2. The van der Waals surface area contributed by atoms with Crippen LogP contribution in [0.5, 0.6) is 0 Å². The highest BCUT2D eigenvalue weighted by Crippen LogP contribution is 2.66. The third kappa shape index (κ3) is 9.44. The molecule has 1 fully saturated rings. The molecule has 7 N–H and O–H groups in total. The summed E-state index contributed by atoms with van der Waals surface area (Å²) in [6, 6.07) is 10.9. The summed E-state index contributed by atoms with van der Waals surface area (Å²) in [4.78, 5) is 61.5. The molecule has 2 aromatic rings. The van der Waals surface area contributed by atoms with Gasteiger partial charge >= 0.3 is 29.2 Å². The molecule has 18 nitrogen and oxygen atoms in total. The van der Waals surface area contributed by atoms with Crippen LogP contribution >= 0.6 is 23.5 Å². The molecule has 0 amide bonds. The summed E-state index contributed by atoms with van der Waals surface area (Å²) in [7, 11) is -16.7. The van der Waals surface area contributed by atoms with E-state index in [1.54, 1.807) is 0 Å². The third-order valence-electron chi connectivity index (χ3n) is 4.63. The summed E-state index contributed by atoms with van der Waals surface area (Å²) >= 11 is 0. The molecule has 1 saturated heterocycles. The monoisotopic (exact) mass is 588 g/mol. The summed E-state index contributed by atoms with van der Waals surface area (Å²) in [5.41, 5.74) is 0.261. The zero-order valence-electron chi connectivity index (χ0n) is 18.6. The number of hydrogen-bond acceptors (Lipinski definition) is 13. The molecule has 2 unspecified atom stereocenters. The second-order valence-corrected chi connectivity index (χ2v) is 11.7. The van der Waals surface area contributed by atoms with E-state index in [1.165, 1.54) is 12.3 Å². The number of anilines is 1. The first-order valence-corrected chi connectivity index (χ1v) is 14.6. The Morgan fingerprint density at radius 1 is 1.08 bits per heavy atom. The van der Waals surface area contributed by atoms with Gasteiger partial charge < -0.3 is 29.6 Å². The number of phosphoric ester groups is 1. The second-order valence-electron chi connectivity index (χ2n) is 7.32. The average molecular weight is 588 g/mol. The number of ether oxygens (including phenoxy) is 1. The molecule has 1 aliphatic heterocycles. The molecular formula is C16H23N4O14P3. The molecule has 1 aromatic heterocycles. The fraction of sp³-hybridized carbons (Fsp3) is 0.375. The average Bonchev–Trinajstić information content (AvgIpc) is 3.17. The minimum atomic E-state index is -5.70. The summed E-state index contributed by atoms with van der Waals surface area (Å²) in [5.74, 6) is 5.21. The second kappa shape index (κ2) is 12.3. The molecule has 2 heterocycles. The molecule has 206 valence electrons. The number of nitrogens with zero attached hydrogens (tertiary/aromatic N) is 2. The molecule has 1 aromatic carbocycles. The Kier molecular flexibility index (Phi) is 9.90. The normalized spacial score (nSPS) is 23.3. The Bertz CT molecular complexity index is 1260. The molecule has 3 rings (SSSR count). The van der Waals surface area contributed by atoms with Gasteiger partial charge in [-0.1, -0.05) is 30.3 Å². The van der Waals surface area contributed by atoms with Crippen molar-refractivity contribution in [3.63, 3.8) is 0 Å². The van der Waals surface area contributed by atoms with Crippen LogP contribution < -0.4 is 16.9 Å². The maximum absolute atomic E-state index is 12.6. The number of rotatable bonds is 13. The fourth-order valence-electron chi connectivity index (χ4n) is 3.18. The van der Waals surface area contributed by atoms with E-state index in [1.807, 2.05) is 30.3 Å². The summed E-state index contributed by atoms with van der Waals surface area (Å²) in [5, 5.41) is 3.01. The van der Waals surface area contributed by atoms with Crippen molar-refractivity contribution in [2.45, 2.75) is 31.4 Å². The van der Waals surface area contributed by atoms with E-state index in [0.717, 1.165) is 10.1 Å². The van der Waals surface area contributed by atoms with Crippen molar-refractivity contribution in [3.05, 3.63) is 58.6 Å². The van der Waals surface area contributed by atoms with E-state index >= 15 is 0 Å². The van der Waals surface area contributed by atoms with Crippen molar-refractivity contribution < 1.29 is 61.0 Å². The maximum atomic E-state index is 12.6. The number of benzene rings is 1. The molecule has 0 saturated carbocycles. The standard InChI is InChI=1S/C16H23N4O14P3/c17-32-31-12-8-15(20-7-6-14(19-16(20)21)18-9-11-4-2-1-3-5-11)30-13(12)10-29-36(25,26)34-37(27,28)33-35(22,23)24/h1-7,12-13,15H,8-10,17H2,(H,25,26)(H,27,28)(H,18,19,21)(H2,22,23,24)/t12-,13+,15+/m0/s1. The van der Waals surface area contributed by atoms with Gasteiger partial charge in [-0.3, -0.25) is 9.09 Å². The van der Waals surface area contributed by atoms with Gasteiger partial charge in [-0.15, -0.1) is 4.99 Å². The smallest absolute Gasteiger partial charge is 0.366 e. The highest BCUT2D eigenvalue weighted by Gasteiger charge is 2.44. The van der Waals surface area contributed by atoms with Gasteiger partial charge in [0.25, 0.3) is 0 Å². The van der Waals surface area contributed by atoms with Crippen LogP contribution in [0.25, 0.3) is 0 Å². The highest BCUT2D eigenvalue weighted by molar-refractivity contribution is 7.66. The van der Waals surface area contributed by atoms with Crippen LogP contribution in [-0.4, -0.2) is 47.9 Å². The van der Waals surface area contributed by atoms with E-state index in [2.05, 4.69) is 28.4 Å². The Hall–Kier alpha value is -1.85. The van der Waals surface area contributed by atoms with E-state index in [9.17, 15) is 28.3 Å². The third-order valence-corrected chi connectivity index (χ3v) is 8.44. The molecular weight excluding hydrogens is 565 g/mol. The van der Waals surface area contributed by atoms with Crippen LogP contribution in [0.15, 0.2) is 47.4 Å². The van der Waals surface area contributed by atoms with Gasteiger partial charge in [0, 0.05) is 19.2 Å². The molecule has 21 heteroatoms. The number of phosphoric acid groups is 3. The van der Waals surface area contributed by atoms with Crippen molar-refractivity contribution in [2.24, 2.45) is 5.90 Å². The van der Waals surface area contributed by atoms with Crippen LogP contribution in [-0.2, 0) is 48.0 Å². The van der Waals surface area contributed by atoms with Crippen molar-refractivity contribution in [2.75, 3.05) is 11.9 Å². The van der Waals surface area contributed by atoms with Crippen molar-refractivity contribution >= 4 is 29.3 Å². The molecule has 1 aliphatic rings. The van der Waals surface area contributed by atoms with Crippen LogP contribution in [0.1, 0.15) is 18.2 Å². The molecule has 0 aliphatic carbocycles. The lowest BCUT2D eigenvalue weighted by molar-refractivity contribution is -0.335. The Balaban J connectivity index is 1.63. The van der Waals surface area contributed by atoms with Crippen LogP contribution in [0.2, 0.25) is 0 Å². The van der Waals surface area contributed by atoms with Crippen molar-refractivity contribution in [3.8, 4) is 0 Å². The lowest BCUT2D eigenvalue weighted by Crippen LogP contribution is -2.30. The van der Waals surface area contributed by atoms with Gasteiger partial charge in [-0.2, -0.15) is 19.5 Å². The lowest BCUT2D eigenvalue weighted by Gasteiger charge is -2.20. The highest BCUT2D eigenvalue weighted by atomic mass is 31.3. The van der Waals surface area contributed by atoms with E-state index in [4.69, 9.17) is 25.3 Å². The predicted octanol–water partition coefficient (Wildman–Crippen LogP) is 0.677. The Morgan fingerprint density at radius 3 is 2.41 bits per heavy atom. The molecule has 0 radical (unpaired) electrons. The first kappa shape index (κ1) is 29.7. The zero-order chi connectivity index (χ0) is 27.3. The minimum Gasteiger partial charge on any atom is -0.366 e. The SMILES string of the molecule is NOO[C@H]1C[C@H](n2ccc(NCc3ccccc3)nc2=O)O[C@@H]1COP(=O)(O)OP(=O)(O)OP(=O)(O)O. The van der Waals surface area contributed by atoms with Crippen molar-refractivity contribution in [1.29, 1.82) is 0 Å². The number of nitrogens with one attached hydrogen (secondary N) is 1. The van der Waals surface area contributed by atoms with Gasteiger partial charge in [0.15, 0.2) is 0 Å². The molecule has 0 bridgehead atoms. The van der Waals surface area contributed by atoms with E-state index < -0.39 is 54.2 Å². The first-order chi connectivity index (χ1) is 17.3. The van der Waals surface area contributed by atoms with Gasteiger partial charge in [-0.05, 0) is 11.6 Å². The first-order valence-electron chi connectivity index (χ1n) is 10.1. The van der Waals surface area contributed by atoms with Crippen LogP contribution in [0.3, 0.4) is 0 Å². The molecule has 5 atom stereocenters. The summed E-state index contributed by atoms with van der Waals surface area (Å²) in [6.07, 6.45) is -2.00. The molecule has 0 spiro atoms. The van der Waals surface area contributed by atoms with Gasteiger partial charge in [0.2, 0.25) is 0 Å². The van der Waals surface area contributed by atoms with E-state index in [-0.39, 0.29) is 6.42 Å². The van der Waals surface area contributed by atoms with Gasteiger partial charge in [-0.25, -0.2) is 23.4 Å². The lowest BCUT2D eigenvalue weighted by atomic mass is 10.2. The molecule has 37 heavy (non-hydrogen) atoms. The summed E-state index contributed by atoms with van der Waals surface area (Å²) in [6.45, 7) is -0.420. The Labute approximate surface area is 208 Å². The zero-order valence-corrected chi connectivity index (χ0v) is 21.3. The summed E-state index contributed by atoms with van der Waals surface area (Å²) < 4.78 is 52.7. The van der Waals surface area contributed by atoms with Crippen LogP contribution in [0.4, 0.5) is 5.82 Å². The van der Waals surface area contributed by atoms with Crippen molar-refractivity contribution in [1.82, 2.24) is 9.55 Å². The Morgan fingerprint density at radius 2 is 1.78 bits per heavy atom. The predicted molar refractivity (Wildman–Crippen MR) is 121 cm³/mol. The number of hydrogen-bond donors (Lipinski definition) is 6. The topological polar surface area (TPSA) is 260 Å². The minimum absolute atomic E-state index is 0.0694. The quantitative estimate of drug-likeness (QED) is 0.107.